The van der Waals surface area contributed by atoms with Crippen molar-refractivity contribution in [2.45, 2.75) is 36.0 Å². The van der Waals surface area contributed by atoms with Crippen LogP contribution < -0.4 is 4.72 Å². The Balaban J connectivity index is 1.65. The van der Waals surface area contributed by atoms with E-state index in [9.17, 15) is 8.42 Å². The number of nitrogens with zero attached hydrogens (tertiary/aromatic N) is 1. The summed E-state index contributed by atoms with van der Waals surface area (Å²) in [6.07, 6.45) is 5.99. The van der Waals surface area contributed by atoms with E-state index >= 15 is 0 Å². The number of fused-ring (bicyclic) bond motifs is 1. The van der Waals surface area contributed by atoms with Gasteiger partial charge in [0.15, 0.2) is 0 Å². The van der Waals surface area contributed by atoms with Crippen LogP contribution in [0.25, 0.3) is 10.9 Å². The molecule has 1 saturated carbocycles. The molecule has 4 nitrogen and oxygen atoms in total. The van der Waals surface area contributed by atoms with Gasteiger partial charge in [0, 0.05) is 28.4 Å². The van der Waals surface area contributed by atoms with Gasteiger partial charge in [-0.1, -0.05) is 37.1 Å². The maximum atomic E-state index is 13.0. The summed E-state index contributed by atoms with van der Waals surface area (Å²) < 4.78 is 28.8. The molecule has 4 rings (SSSR count). The Morgan fingerprint density at radius 2 is 1.88 bits per heavy atom. The molecule has 0 amide bonds. The number of benzene rings is 1. The molecule has 0 radical (unpaired) electrons. The lowest BCUT2D eigenvalue weighted by Gasteiger charge is -2.28. The monoisotopic (exact) mass is 372 g/mol. The van der Waals surface area contributed by atoms with E-state index < -0.39 is 10.0 Å². The number of hydrogen-bond acceptors (Lipinski definition) is 4. The van der Waals surface area contributed by atoms with Gasteiger partial charge in [0.2, 0.25) is 10.0 Å². The molecule has 0 aliphatic heterocycles. The quantitative estimate of drug-likeness (QED) is 0.734. The minimum absolute atomic E-state index is 0.0702. The molecule has 130 valence electrons. The van der Waals surface area contributed by atoms with Crippen molar-refractivity contribution in [3.05, 3.63) is 58.9 Å². The predicted octanol–water partition coefficient (Wildman–Crippen LogP) is 4.09. The van der Waals surface area contributed by atoms with Gasteiger partial charge >= 0.3 is 0 Å². The second-order valence-corrected chi connectivity index (χ2v) is 9.30. The van der Waals surface area contributed by atoms with E-state index in [1.165, 1.54) is 4.88 Å². The highest BCUT2D eigenvalue weighted by molar-refractivity contribution is 7.89. The lowest BCUT2D eigenvalue weighted by atomic mass is 9.85. The Kier molecular flexibility index (Phi) is 4.35. The van der Waals surface area contributed by atoms with E-state index in [0.29, 0.717) is 12.1 Å². The average molecular weight is 373 g/mol. The van der Waals surface area contributed by atoms with Gasteiger partial charge in [-0.25, -0.2) is 13.1 Å². The van der Waals surface area contributed by atoms with Gasteiger partial charge in [-0.3, -0.25) is 4.98 Å². The van der Waals surface area contributed by atoms with Crippen LogP contribution in [0, 0.1) is 0 Å². The van der Waals surface area contributed by atoms with Gasteiger partial charge < -0.3 is 0 Å². The summed E-state index contributed by atoms with van der Waals surface area (Å²) in [5.74, 6) is 0. The van der Waals surface area contributed by atoms with Crippen molar-refractivity contribution in [2.75, 3.05) is 6.54 Å². The number of para-hydroxylation sites is 1. The number of thiophene rings is 1. The minimum atomic E-state index is -3.61. The van der Waals surface area contributed by atoms with Gasteiger partial charge in [0.1, 0.15) is 4.90 Å². The van der Waals surface area contributed by atoms with E-state index in [1.807, 2.05) is 24.3 Å². The first kappa shape index (κ1) is 16.7. The van der Waals surface area contributed by atoms with Gasteiger partial charge in [-0.05, 0) is 36.4 Å². The summed E-state index contributed by atoms with van der Waals surface area (Å²) in [5, 5.41) is 2.90. The standard InChI is InChI=1S/C19H20N2O2S2/c22-25(23,16-8-3-6-15-7-4-12-20-18(15)16)21-14-19(10-1-2-11-19)17-9-5-13-24-17/h3-9,12-13,21H,1-2,10-11,14H2. The van der Waals surface area contributed by atoms with Crippen LogP contribution in [-0.2, 0) is 15.4 Å². The molecule has 2 heterocycles. The highest BCUT2D eigenvalue weighted by Gasteiger charge is 2.37. The third kappa shape index (κ3) is 3.10. The smallest absolute Gasteiger partial charge is 0.242 e. The van der Waals surface area contributed by atoms with Crippen LogP contribution in [0.15, 0.2) is 58.9 Å². The fraction of sp³-hybridized carbons (Fsp3) is 0.316. The fourth-order valence-electron chi connectivity index (χ4n) is 3.75. The van der Waals surface area contributed by atoms with Crippen molar-refractivity contribution in [1.29, 1.82) is 0 Å². The molecule has 3 aromatic rings. The molecule has 0 atom stereocenters. The Morgan fingerprint density at radius 3 is 2.64 bits per heavy atom. The van der Waals surface area contributed by atoms with E-state index in [0.717, 1.165) is 31.1 Å². The van der Waals surface area contributed by atoms with Gasteiger partial charge in [-0.2, -0.15) is 0 Å². The molecule has 6 heteroatoms. The Labute approximate surface area is 152 Å². The van der Waals surface area contributed by atoms with E-state index in [-0.39, 0.29) is 10.3 Å². The largest absolute Gasteiger partial charge is 0.255 e. The zero-order valence-corrected chi connectivity index (χ0v) is 15.4. The Bertz CT molecular complexity index is 970. The number of pyridine rings is 1. The summed E-state index contributed by atoms with van der Waals surface area (Å²) in [4.78, 5) is 5.81. The molecular formula is C19H20N2O2S2. The molecule has 25 heavy (non-hydrogen) atoms. The minimum Gasteiger partial charge on any atom is -0.255 e. The number of rotatable bonds is 5. The lowest BCUT2D eigenvalue weighted by molar-refractivity contribution is 0.440. The third-order valence-electron chi connectivity index (χ3n) is 5.09. The normalized spacial score (nSPS) is 17.1. The first-order chi connectivity index (χ1) is 12.1. The molecule has 1 N–H and O–H groups in total. The maximum Gasteiger partial charge on any atom is 0.242 e. The van der Waals surface area contributed by atoms with E-state index in [2.05, 4.69) is 21.2 Å². The van der Waals surface area contributed by atoms with Gasteiger partial charge in [0.05, 0.1) is 5.52 Å². The van der Waals surface area contributed by atoms with Crippen molar-refractivity contribution in [1.82, 2.24) is 9.71 Å². The summed E-state index contributed by atoms with van der Waals surface area (Å²) in [7, 11) is -3.61. The molecule has 0 spiro atoms. The van der Waals surface area contributed by atoms with Crippen LogP contribution in [-0.4, -0.2) is 19.9 Å². The highest BCUT2D eigenvalue weighted by Crippen LogP contribution is 2.42. The second kappa shape index (κ2) is 6.52. The molecule has 0 bridgehead atoms. The number of hydrogen-bond donors (Lipinski definition) is 1. The molecule has 1 aromatic carbocycles. The lowest BCUT2D eigenvalue weighted by Crippen LogP contribution is -2.38. The number of sulfonamides is 1. The summed E-state index contributed by atoms with van der Waals surface area (Å²) in [6, 6.07) is 13.1. The molecule has 0 unspecified atom stereocenters. The van der Waals surface area contributed by atoms with Crippen LogP contribution in [0.3, 0.4) is 0 Å². The fourth-order valence-corrected chi connectivity index (χ4v) is 6.04. The third-order valence-corrected chi connectivity index (χ3v) is 7.64. The van der Waals surface area contributed by atoms with Gasteiger partial charge in [-0.15, -0.1) is 11.3 Å². The van der Waals surface area contributed by atoms with Gasteiger partial charge in [0.25, 0.3) is 0 Å². The van der Waals surface area contributed by atoms with Crippen LogP contribution in [0.2, 0.25) is 0 Å². The topological polar surface area (TPSA) is 59.1 Å². The number of nitrogens with one attached hydrogen (secondary N) is 1. The second-order valence-electron chi connectivity index (χ2n) is 6.62. The molecule has 1 aliphatic rings. The van der Waals surface area contributed by atoms with Crippen LogP contribution in [0.1, 0.15) is 30.6 Å². The average Bonchev–Trinajstić information content (AvgIpc) is 3.32. The maximum absolute atomic E-state index is 13.0. The molecule has 1 aliphatic carbocycles. The van der Waals surface area contributed by atoms with Crippen LogP contribution in [0.4, 0.5) is 0 Å². The van der Waals surface area contributed by atoms with Crippen molar-refractivity contribution < 1.29 is 8.42 Å². The molecule has 1 fully saturated rings. The van der Waals surface area contributed by atoms with Crippen LogP contribution in [0.5, 0.6) is 0 Å². The van der Waals surface area contributed by atoms with E-state index in [4.69, 9.17) is 0 Å². The SMILES string of the molecule is O=S(=O)(NCC1(c2cccs2)CCCC1)c1cccc2cccnc12. The van der Waals surface area contributed by atoms with Crippen molar-refractivity contribution >= 4 is 32.3 Å². The Hall–Kier alpha value is -1.76. The van der Waals surface area contributed by atoms with Crippen molar-refractivity contribution in [2.24, 2.45) is 0 Å². The predicted molar refractivity (Wildman–Crippen MR) is 101 cm³/mol. The Morgan fingerprint density at radius 1 is 1.08 bits per heavy atom. The molecular weight excluding hydrogens is 352 g/mol. The zero-order chi connectivity index (χ0) is 17.3. The highest BCUT2D eigenvalue weighted by atomic mass is 32.2. The van der Waals surface area contributed by atoms with Crippen LogP contribution >= 0.6 is 11.3 Å². The first-order valence-corrected chi connectivity index (χ1v) is 10.8. The summed E-state index contributed by atoms with van der Waals surface area (Å²) in [6.45, 7) is 0.444. The number of aromatic nitrogens is 1. The first-order valence-electron chi connectivity index (χ1n) is 8.48. The summed E-state index contributed by atoms with van der Waals surface area (Å²) >= 11 is 1.72. The molecule has 2 aromatic heterocycles. The summed E-state index contributed by atoms with van der Waals surface area (Å²) in [5.41, 5.74) is 0.452. The zero-order valence-electron chi connectivity index (χ0n) is 13.8. The molecule has 0 saturated heterocycles. The van der Waals surface area contributed by atoms with Crippen molar-refractivity contribution in [3.63, 3.8) is 0 Å². The van der Waals surface area contributed by atoms with Crippen molar-refractivity contribution in [3.8, 4) is 0 Å². The van der Waals surface area contributed by atoms with E-state index in [1.54, 1.807) is 29.7 Å².